The second-order valence-electron chi connectivity index (χ2n) is 7.56. The molecule has 0 amide bonds. The maximum atomic E-state index is 15.2. The highest BCUT2D eigenvalue weighted by Gasteiger charge is 2.21. The van der Waals surface area contributed by atoms with Gasteiger partial charge in [0, 0.05) is 34.8 Å². The molecule has 158 valence electrons. The van der Waals surface area contributed by atoms with Crippen LogP contribution in [0.4, 0.5) is 8.78 Å². The molecule has 1 aliphatic rings. The van der Waals surface area contributed by atoms with Crippen molar-refractivity contribution in [1.82, 2.24) is 20.5 Å². The zero-order chi connectivity index (χ0) is 20.5. The molecule has 0 saturated heterocycles. The van der Waals surface area contributed by atoms with Crippen LogP contribution >= 0.6 is 12.4 Å². The molecule has 4 aromatic rings. The Balaban J connectivity index is 0.00000231. The Bertz CT molecular complexity index is 1170. The number of nitrogens with one attached hydrogen (secondary N) is 2. The van der Waals surface area contributed by atoms with Crippen molar-refractivity contribution in [3.05, 3.63) is 95.3 Å². The van der Waals surface area contributed by atoms with E-state index in [0.29, 0.717) is 23.5 Å². The lowest BCUT2D eigenvalue weighted by Crippen LogP contribution is -2.29. The fraction of sp³-hybridized carbons (Fsp3) is 0.167. The maximum absolute atomic E-state index is 15.2. The molecule has 1 aliphatic carbocycles. The van der Waals surface area contributed by atoms with Crippen molar-refractivity contribution < 1.29 is 8.78 Å². The number of hydrogen-bond acceptors (Lipinski definition) is 3. The summed E-state index contributed by atoms with van der Waals surface area (Å²) in [6.07, 6.45) is 3.24. The summed E-state index contributed by atoms with van der Waals surface area (Å²) in [6.45, 7) is 0.399. The first-order chi connectivity index (χ1) is 14.7. The molecule has 0 fully saturated rings. The predicted molar refractivity (Wildman–Crippen MR) is 119 cm³/mol. The first kappa shape index (κ1) is 21.2. The molecule has 0 unspecified atom stereocenters. The van der Waals surface area contributed by atoms with Gasteiger partial charge in [-0.05, 0) is 30.0 Å². The van der Waals surface area contributed by atoms with Crippen molar-refractivity contribution in [3.63, 3.8) is 0 Å². The van der Waals surface area contributed by atoms with E-state index in [9.17, 15) is 4.39 Å². The van der Waals surface area contributed by atoms with Gasteiger partial charge in [-0.1, -0.05) is 54.6 Å². The van der Waals surface area contributed by atoms with Gasteiger partial charge in [-0.15, -0.1) is 12.4 Å². The van der Waals surface area contributed by atoms with Crippen LogP contribution < -0.4 is 5.32 Å². The largest absolute Gasteiger partial charge is 0.309 e. The van der Waals surface area contributed by atoms with Gasteiger partial charge < -0.3 is 5.32 Å². The van der Waals surface area contributed by atoms with Gasteiger partial charge in [0.2, 0.25) is 0 Å². The Morgan fingerprint density at radius 1 is 0.935 bits per heavy atom. The monoisotopic (exact) mass is 438 g/mol. The third-order valence-corrected chi connectivity index (χ3v) is 5.66. The molecule has 31 heavy (non-hydrogen) atoms. The van der Waals surface area contributed by atoms with E-state index in [1.54, 1.807) is 30.3 Å². The highest BCUT2D eigenvalue weighted by atomic mass is 35.5. The molecule has 0 spiro atoms. The number of aromatic nitrogens is 3. The van der Waals surface area contributed by atoms with Crippen LogP contribution in [0.15, 0.2) is 67.0 Å². The van der Waals surface area contributed by atoms with Crippen LogP contribution in [0.5, 0.6) is 0 Å². The lowest BCUT2D eigenvalue weighted by atomic mass is 9.99. The lowest BCUT2D eigenvalue weighted by Gasteiger charge is -2.14. The third kappa shape index (κ3) is 4.22. The number of fused-ring (bicyclic) bond motifs is 1. The van der Waals surface area contributed by atoms with Gasteiger partial charge in [0.25, 0.3) is 0 Å². The second-order valence-corrected chi connectivity index (χ2v) is 7.56. The minimum Gasteiger partial charge on any atom is -0.309 e. The second kappa shape index (κ2) is 8.96. The Morgan fingerprint density at radius 2 is 1.71 bits per heavy atom. The quantitative estimate of drug-likeness (QED) is 0.456. The van der Waals surface area contributed by atoms with Crippen molar-refractivity contribution in [3.8, 4) is 22.5 Å². The van der Waals surface area contributed by atoms with E-state index in [1.807, 2.05) is 12.1 Å². The summed E-state index contributed by atoms with van der Waals surface area (Å²) in [5.41, 5.74) is 4.27. The molecular weight excluding hydrogens is 418 g/mol. The zero-order valence-corrected chi connectivity index (χ0v) is 17.4. The molecule has 2 N–H and O–H groups in total. The van der Waals surface area contributed by atoms with Crippen LogP contribution in [0.1, 0.15) is 16.7 Å². The molecule has 0 aliphatic heterocycles. The van der Waals surface area contributed by atoms with Crippen molar-refractivity contribution in [2.45, 2.75) is 25.4 Å². The Labute approximate surface area is 185 Å². The average molecular weight is 439 g/mol. The average Bonchev–Trinajstić information content (AvgIpc) is 3.43. The number of hydrogen-bond donors (Lipinski definition) is 2. The molecule has 0 bridgehead atoms. The summed E-state index contributed by atoms with van der Waals surface area (Å²) in [4.78, 5) is 4.02. The highest BCUT2D eigenvalue weighted by molar-refractivity contribution is 5.85. The topological polar surface area (TPSA) is 53.6 Å². The van der Waals surface area contributed by atoms with E-state index in [0.717, 1.165) is 12.8 Å². The molecule has 3 aromatic carbocycles. The molecule has 5 rings (SSSR count). The van der Waals surface area contributed by atoms with Gasteiger partial charge in [-0.2, -0.15) is 5.10 Å². The van der Waals surface area contributed by atoms with E-state index < -0.39 is 11.6 Å². The highest BCUT2D eigenvalue weighted by Crippen LogP contribution is 2.30. The van der Waals surface area contributed by atoms with E-state index in [1.165, 1.54) is 23.5 Å². The normalized spacial score (nSPS) is 13.1. The van der Waals surface area contributed by atoms with Gasteiger partial charge in [0.1, 0.15) is 18.0 Å². The fourth-order valence-electron chi connectivity index (χ4n) is 4.11. The fourth-order valence-corrected chi connectivity index (χ4v) is 4.11. The van der Waals surface area contributed by atoms with Crippen LogP contribution in [0, 0.1) is 11.6 Å². The number of nitrogens with zero attached hydrogens (tertiary/aromatic N) is 2. The van der Waals surface area contributed by atoms with Crippen molar-refractivity contribution in [2.24, 2.45) is 0 Å². The molecule has 0 atom stereocenters. The molecule has 1 heterocycles. The number of halogens is 3. The molecule has 7 heteroatoms. The Kier molecular flexibility index (Phi) is 6.11. The van der Waals surface area contributed by atoms with Gasteiger partial charge in [0.15, 0.2) is 5.82 Å². The van der Waals surface area contributed by atoms with Crippen molar-refractivity contribution in [2.75, 3.05) is 0 Å². The molecular formula is C24H21ClF2N4. The van der Waals surface area contributed by atoms with Crippen LogP contribution in [-0.2, 0) is 19.4 Å². The molecule has 1 aromatic heterocycles. The Morgan fingerprint density at radius 3 is 2.39 bits per heavy atom. The zero-order valence-electron chi connectivity index (χ0n) is 16.6. The summed E-state index contributed by atoms with van der Waals surface area (Å²) >= 11 is 0. The summed E-state index contributed by atoms with van der Waals surface area (Å²) < 4.78 is 30.0. The van der Waals surface area contributed by atoms with Crippen LogP contribution in [-0.4, -0.2) is 21.2 Å². The predicted octanol–water partition coefficient (Wildman–Crippen LogP) is 5.10. The van der Waals surface area contributed by atoms with Crippen LogP contribution in [0.3, 0.4) is 0 Å². The number of benzene rings is 3. The van der Waals surface area contributed by atoms with E-state index in [2.05, 4.69) is 32.6 Å². The number of rotatable bonds is 5. The summed E-state index contributed by atoms with van der Waals surface area (Å²) in [6, 6.07) is 18.4. The van der Waals surface area contributed by atoms with Gasteiger partial charge in [-0.3, -0.25) is 5.10 Å². The van der Waals surface area contributed by atoms with E-state index in [-0.39, 0.29) is 29.6 Å². The lowest BCUT2D eigenvalue weighted by molar-refractivity contribution is 0.516. The summed E-state index contributed by atoms with van der Waals surface area (Å²) in [7, 11) is 0. The van der Waals surface area contributed by atoms with Crippen LogP contribution in [0.25, 0.3) is 22.5 Å². The molecule has 4 nitrogen and oxygen atoms in total. The first-order valence-corrected chi connectivity index (χ1v) is 9.92. The third-order valence-electron chi connectivity index (χ3n) is 5.66. The summed E-state index contributed by atoms with van der Waals surface area (Å²) in [5, 5.41) is 9.93. The molecule has 0 saturated carbocycles. The minimum absolute atomic E-state index is 0. The first-order valence-electron chi connectivity index (χ1n) is 9.92. The minimum atomic E-state index is -0.501. The SMILES string of the molecule is Cl.Fc1cc(-c2ncn[nH]2)ccc1-c1cccc(CNC2Cc3ccccc3C2)c1F. The van der Waals surface area contributed by atoms with Crippen molar-refractivity contribution in [1.29, 1.82) is 0 Å². The van der Waals surface area contributed by atoms with Gasteiger partial charge in [-0.25, -0.2) is 13.8 Å². The smallest absolute Gasteiger partial charge is 0.155 e. The molecule has 0 radical (unpaired) electrons. The van der Waals surface area contributed by atoms with Crippen molar-refractivity contribution >= 4 is 12.4 Å². The van der Waals surface area contributed by atoms with Gasteiger partial charge in [0.05, 0.1) is 0 Å². The van der Waals surface area contributed by atoms with Crippen LogP contribution in [0.2, 0.25) is 0 Å². The van der Waals surface area contributed by atoms with E-state index in [4.69, 9.17) is 0 Å². The Hall–Kier alpha value is -3.09. The number of H-pyrrole nitrogens is 1. The number of aromatic amines is 1. The standard InChI is InChI=1S/C24H20F2N4.ClH/c25-22-12-17(24-28-14-29-30-24)8-9-20(22)21-7-3-6-18(23(21)26)13-27-19-10-15-4-1-2-5-16(15)11-19;/h1-9,12,14,19,27H,10-11,13H2,(H,28,29,30);1H. The van der Waals surface area contributed by atoms with E-state index >= 15 is 4.39 Å². The van der Waals surface area contributed by atoms with Gasteiger partial charge >= 0.3 is 0 Å². The summed E-state index contributed by atoms with van der Waals surface area (Å²) in [5.74, 6) is -0.428. The maximum Gasteiger partial charge on any atom is 0.155 e.